The van der Waals surface area contributed by atoms with Crippen LogP contribution in [0.15, 0.2) is 12.7 Å². The molecule has 0 aromatic heterocycles. The highest BCUT2D eigenvalue weighted by Crippen LogP contribution is 1.97. The fraction of sp³-hybridized carbons (Fsp3) is 0.636. The first-order chi connectivity index (χ1) is 7.56. The Balaban J connectivity index is 4.37. The first-order valence-corrected chi connectivity index (χ1v) is 5.45. The first-order valence-electron chi connectivity index (χ1n) is 5.45. The molecule has 2 amide bonds. The molecule has 0 saturated carbocycles. The lowest BCUT2D eigenvalue weighted by molar-refractivity contribution is -0.139. The molecule has 0 heterocycles. The van der Waals surface area contributed by atoms with Gasteiger partial charge in [-0.1, -0.05) is 19.9 Å². The Morgan fingerprint density at radius 1 is 1.50 bits per heavy atom. The Kier molecular flexibility index (Phi) is 7.00. The average Bonchev–Trinajstić information content (AvgIpc) is 2.24. The molecule has 0 saturated heterocycles. The summed E-state index contributed by atoms with van der Waals surface area (Å²) < 4.78 is 0. The van der Waals surface area contributed by atoms with Gasteiger partial charge in [0.05, 0.1) is 0 Å². The average molecular weight is 228 g/mol. The summed E-state index contributed by atoms with van der Waals surface area (Å²) >= 11 is 0. The number of carboxylic acids is 1. The van der Waals surface area contributed by atoms with Crippen molar-refractivity contribution in [1.29, 1.82) is 0 Å². The van der Waals surface area contributed by atoms with Crippen molar-refractivity contribution < 1.29 is 14.7 Å². The summed E-state index contributed by atoms with van der Waals surface area (Å²) in [7, 11) is 0. The van der Waals surface area contributed by atoms with Crippen LogP contribution in [0.1, 0.15) is 26.7 Å². The summed E-state index contributed by atoms with van der Waals surface area (Å²) in [5.41, 5.74) is 0. The Labute approximate surface area is 96.1 Å². The molecule has 0 bridgehead atoms. The van der Waals surface area contributed by atoms with E-state index in [-0.39, 0.29) is 6.03 Å². The second kappa shape index (κ2) is 7.73. The molecule has 0 radical (unpaired) electrons. The minimum absolute atomic E-state index is 0.351. The van der Waals surface area contributed by atoms with Gasteiger partial charge < -0.3 is 15.3 Å². The fourth-order valence-electron chi connectivity index (χ4n) is 1.28. The van der Waals surface area contributed by atoms with Crippen LogP contribution >= 0.6 is 0 Å². The SMILES string of the molecule is C=CCN(CCC)C(=O)N[C@H](CC)C(=O)O. The minimum Gasteiger partial charge on any atom is -0.480 e. The lowest BCUT2D eigenvalue weighted by Gasteiger charge is -2.23. The first kappa shape index (κ1) is 14.5. The fourth-order valence-corrected chi connectivity index (χ4v) is 1.28. The molecular weight excluding hydrogens is 208 g/mol. The lowest BCUT2D eigenvalue weighted by Crippen LogP contribution is -2.48. The van der Waals surface area contributed by atoms with Gasteiger partial charge in [-0.3, -0.25) is 0 Å². The predicted octanol–water partition coefficient (Wildman–Crippen LogP) is 1.46. The van der Waals surface area contributed by atoms with E-state index < -0.39 is 12.0 Å². The number of amides is 2. The van der Waals surface area contributed by atoms with Gasteiger partial charge in [-0.2, -0.15) is 0 Å². The van der Waals surface area contributed by atoms with E-state index in [1.54, 1.807) is 17.9 Å². The molecule has 0 spiro atoms. The van der Waals surface area contributed by atoms with Crippen molar-refractivity contribution >= 4 is 12.0 Å². The Bertz CT molecular complexity index is 254. The van der Waals surface area contributed by atoms with Gasteiger partial charge in [-0.25, -0.2) is 9.59 Å². The van der Waals surface area contributed by atoms with Gasteiger partial charge in [-0.15, -0.1) is 6.58 Å². The van der Waals surface area contributed by atoms with E-state index in [1.165, 1.54) is 0 Å². The molecule has 0 aromatic rings. The van der Waals surface area contributed by atoms with Crippen LogP contribution in [0.2, 0.25) is 0 Å². The topological polar surface area (TPSA) is 69.6 Å². The van der Waals surface area contributed by atoms with E-state index in [0.29, 0.717) is 19.5 Å². The molecule has 1 atom stereocenters. The maximum absolute atomic E-state index is 11.7. The van der Waals surface area contributed by atoms with Crippen LogP contribution in [0.25, 0.3) is 0 Å². The number of hydrogen-bond acceptors (Lipinski definition) is 2. The molecular formula is C11H20N2O3. The zero-order valence-corrected chi connectivity index (χ0v) is 9.90. The van der Waals surface area contributed by atoms with Gasteiger partial charge in [0.2, 0.25) is 0 Å². The van der Waals surface area contributed by atoms with E-state index in [9.17, 15) is 9.59 Å². The van der Waals surface area contributed by atoms with E-state index in [4.69, 9.17) is 5.11 Å². The molecule has 0 aromatic carbocycles. The molecule has 5 heteroatoms. The summed E-state index contributed by atoms with van der Waals surface area (Å²) in [5.74, 6) is -1.01. The van der Waals surface area contributed by atoms with Crippen LogP contribution in [0.4, 0.5) is 4.79 Å². The summed E-state index contributed by atoms with van der Waals surface area (Å²) in [6.07, 6.45) is 2.82. The molecule has 0 fully saturated rings. The number of nitrogens with one attached hydrogen (secondary N) is 1. The molecule has 0 aliphatic rings. The van der Waals surface area contributed by atoms with Crippen LogP contribution in [-0.4, -0.2) is 41.1 Å². The molecule has 16 heavy (non-hydrogen) atoms. The number of carboxylic acid groups (broad SMARTS) is 1. The standard InChI is InChI=1S/C11H20N2O3/c1-4-7-13(8-5-2)11(16)12-9(6-3)10(14)15/h4,9H,1,5-8H2,2-3H3,(H,12,16)(H,14,15)/t9-/m1/s1. The minimum atomic E-state index is -1.01. The van der Waals surface area contributed by atoms with E-state index >= 15 is 0 Å². The third-order valence-electron chi connectivity index (χ3n) is 2.13. The van der Waals surface area contributed by atoms with Crippen molar-refractivity contribution in [2.24, 2.45) is 0 Å². The van der Waals surface area contributed by atoms with Crippen molar-refractivity contribution in [3.63, 3.8) is 0 Å². The molecule has 0 rings (SSSR count). The second-order valence-corrected chi connectivity index (χ2v) is 3.48. The number of nitrogens with zero attached hydrogens (tertiary/aromatic N) is 1. The molecule has 0 aliphatic carbocycles. The number of carbonyl (C=O) groups excluding carboxylic acids is 1. The van der Waals surface area contributed by atoms with Crippen molar-refractivity contribution in [1.82, 2.24) is 10.2 Å². The molecule has 0 unspecified atom stereocenters. The molecule has 92 valence electrons. The highest BCUT2D eigenvalue weighted by molar-refractivity contribution is 5.82. The Morgan fingerprint density at radius 2 is 2.12 bits per heavy atom. The van der Waals surface area contributed by atoms with Gasteiger partial charge in [0.25, 0.3) is 0 Å². The van der Waals surface area contributed by atoms with Gasteiger partial charge in [0.1, 0.15) is 6.04 Å². The maximum Gasteiger partial charge on any atom is 0.326 e. The smallest absolute Gasteiger partial charge is 0.326 e. The molecule has 5 nitrogen and oxygen atoms in total. The van der Waals surface area contributed by atoms with Crippen molar-refractivity contribution in [2.75, 3.05) is 13.1 Å². The van der Waals surface area contributed by atoms with Crippen LogP contribution < -0.4 is 5.32 Å². The second-order valence-electron chi connectivity index (χ2n) is 3.48. The van der Waals surface area contributed by atoms with Crippen LogP contribution in [0, 0.1) is 0 Å². The monoisotopic (exact) mass is 228 g/mol. The van der Waals surface area contributed by atoms with E-state index in [2.05, 4.69) is 11.9 Å². The van der Waals surface area contributed by atoms with E-state index in [1.807, 2.05) is 6.92 Å². The molecule has 2 N–H and O–H groups in total. The number of rotatable bonds is 7. The summed E-state index contributed by atoms with van der Waals surface area (Å²) in [6.45, 7) is 8.25. The Hall–Kier alpha value is -1.52. The van der Waals surface area contributed by atoms with Gasteiger partial charge >= 0.3 is 12.0 Å². The van der Waals surface area contributed by atoms with Crippen molar-refractivity contribution in [2.45, 2.75) is 32.7 Å². The van der Waals surface area contributed by atoms with Crippen LogP contribution in [0.3, 0.4) is 0 Å². The number of carbonyl (C=O) groups is 2. The lowest BCUT2D eigenvalue weighted by atomic mass is 10.2. The normalized spacial score (nSPS) is 11.6. The van der Waals surface area contributed by atoms with Gasteiger partial charge in [0.15, 0.2) is 0 Å². The summed E-state index contributed by atoms with van der Waals surface area (Å²) in [6, 6.07) is -1.17. The Morgan fingerprint density at radius 3 is 2.50 bits per heavy atom. The van der Waals surface area contributed by atoms with Crippen molar-refractivity contribution in [3.8, 4) is 0 Å². The zero-order chi connectivity index (χ0) is 12.6. The predicted molar refractivity (Wildman–Crippen MR) is 62.3 cm³/mol. The maximum atomic E-state index is 11.7. The zero-order valence-electron chi connectivity index (χ0n) is 9.90. The highest BCUT2D eigenvalue weighted by Gasteiger charge is 2.20. The third kappa shape index (κ3) is 4.82. The highest BCUT2D eigenvalue weighted by atomic mass is 16.4. The van der Waals surface area contributed by atoms with Crippen molar-refractivity contribution in [3.05, 3.63) is 12.7 Å². The van der Waals surface area contributed by atoms with E-state index in [0.717, 1.165) is 6.42 Å². The number of urea groups is 1. The number of aliphatic carboxylic acids is 1. The third-order valence-corrected chi connectivity index (χ3v) is 2.13. The van der Waals surface area contributed by atoms with Crippen LogP contribution in [-0.2, 0) is 4.79 Å². The van der Waals surface area contributed by atoms with Crippen LogP contribution in [0.5, 0.6) is 0 Å². The molecule has 0 aliphatic heterocycles. The van der Waals surface area contributed by atoms with Gasteiger partial charge in [-0.05, 0) is 12.8 Å². The largest absolute Gasteiger partial charge is 0.480 e. The summed E-state index contributed by atoms with van der Waals surface area (Å²) in [4.78, 5) is 24.0. The van der Waals surface area contributed by atoms with Gasteiger partial charge in [0, 0.05) is 13.1 Å². The quantitative estimate of drug-likeness (QED) is 0.648. The number of hydrogen-bond donors (Lipinski definition) is 2. The summed E-state index contributed by atoms with van der Waals surface area (Å²) in [5, 5.41) is 11.3.